The van der Waals surface area contributed by atoms with Crippen LogP contribution in [0.15, 0.2) is 53.8 Å². The molecule has 0 saturated carbocycles. The van der Waals surface area contributed by atoms with E-state index < -0.39 is 29.7 Å². The summed E-state index contributed by atoms with van der Waals surface area (Å²) in [6, 6.07) is 7.36. The number of aromatic nitrogens is 2. The number of aliphatic imine (C=N–C) groups is 1. The summed E-state index contributed by atoms with van der Waals surface area (Å²) in [4.78, 5) is 47.3. The smallest absolute Gasteiger partial charge is 0.335 e. The van der Waals surface area contributed by atoms with E-state index in [1.807, 2.05) is 0 Å². The van der Waals surface area contributed by atoms with Crippen molar-refractivity contribution in [2.75, 3.05) is 0 Å². The number of aromatic carboxylic acids is 1. The number of aliphatic carboxylic acids is 2. The molecule has 0 saturated heterocycles. The van der Waals surface area contributed by atoms with Crippen LogP contribution in [-0.2, 0) is 9.59 Å². The van der Waals surface area contributed by atoms with E-state index in [1.165, 1.54) is 24.5 Å². The predicted octanol–water partition coefficient (Wildman–Crippen LogP) is 1.56. The molecule has 0 fully saturated rings. The maximum Gasteiger partial charge on any atom is 0.335 e. The second kappa shape index (κ2) is 6.79. The molecular formula is C18H13N3O6. The maximum absolute atomic E-state index is 11.8. The van der Waals surface area contributed by atoms with E-state index in [4.69, 9.17) is 5.11 Å². The monoisotopic (exact) mass is 367 g/mol. The minimum absolute atomic E-state index is 0.0465. The summed E-state index contributed by atoms with van der Waals surface area (Å²) in [5, 5.41) is 28.4. The topological polar surface area (TPSA) is 150 Å². The zero-order chi connectivity index (χ0) is 19.6. The maximum atomic E-state index is 11.8. The molecule has 27 heavy (non-hydrogen) atoms. The Balaban J connectivity index is 2.21. The molecule has 1 aliphatic rings. The standard InChI is InChI=1S/C18H13N3O6/c22-15(23)10-4-6-20-12(7-10)14-9-18(16(24)25,17(26)27)8-13(21-14)11-3-1-2-5-19-11/h1-7,9H,8H2,(H,22,23)(H,24,25)(H,26,27). The van der Waals surface area contributed by atoms with E-state index in [9.17, 15) is 24.6 Å². The zero-order valence-electron chi connectivity index (χ0n) is 13.7. The van der Waals surface area contributed by atoms with Crippen LogP contribution in [-0.4, -0.2) is 48.9 Å². The highest BCUT2D eigenvalue weighted by molar-refractivity contribution is 6.13. The number of hydrogen-bond donors (Lipinski definition) is 3. The average Bonchev–Trinajstić information content (AvgIpc) is 2.68. The Labute approximate surface area is 152 Å². The van der Waals surface area contributed by atoms with Gasteiger partial charge in [0.15, 0.2) is 5.41 Å². The van der Waals surface area contributed by atoms with Gasteiger partial charge in [-0.05, 0) is 30.3 Å². The van der Waals surface area contributed by atoms with Gasteiger partial charge in [0.05, 0.1) is 28.4 Å². The van der Waals surface area contributed by atoms with Crippen LogP contribution in [0.1, 0.15) is 28.2 Å². The Morgan fingerprint density at radius 2 is 1.63 bits per heavy atom. The van der Waals surface area contributed by atoms with Crippen LogP contribution in [0, 0.1) is 5.41 Å². The van der Waals surface area contributed by atoms with Gasteiger partial charge in [0.2, 0.25) is 0 Å². The molecule has 1 aliphatic heterocycles. The van der Waals surface area contributed by atoms with Crippen molar-refractivity contribution in [3.8, 4) is 0 Å². The number of carboxylic acid groups (broad SMARTS) is 3. The van der Waals surface area contributed by atoms with Crippen molar-refractivity contribution in [3.05, 3.63) is 65.8 Å². The molecule has 0 aliphatic carbocycles. The molecule has 0 aromatic carbocycles. The van der Waals surface area contributed by atoms with Gasteiger partial charge in [0, 0.05) is 18.8 Å². The van der Waals surface area contributed by atoms with Crippen LogP contribution < -0.4 is 0 Å². The molecule has 0 atom stereocenters. The summed E-state index contributed by atoms with van der Waals surface area (Å²) in [5.41, 5.74) is -1.88. The lowest BCUT2D eigenvalue weighted by Crippen LogP contribution is -2.41. The van der Waals surface area contributed by atoms with Gasteiger partial charge in [-0.2, -0.15) is 0 Å². The fourth-order valence-corrected chi connectivity index (χ4v) is 2.65. The van der Waals surface area contributed by atoms with Gasteiger partial charge < -0.3 is 15.3 Å². The number of nitrogens with zero attached hydrogens (tertiary/aromatic N) is 3. The fraction of sp³-hybridized carbons (Fsp3) is 0.111. The summed E-state index contributed by atoms with van der Waals surface area (Å²) in [5.74, 6) is -4.33. The molecule has 3 N–H and O–H groups in total. The molecule has 0 bridgehead atoms. The molecule has 136 valence electrons. The molecule has 0 spiro atoms. The molecule has 0 radical (unpaired) electrons. The lowest BCUT2D eigenvalue weighted by Gasteiger charge is -2.26. The van der Waals surface area contributed by atoms with Gasteiger partial charge in [0.1, 0.15) is 0 Å². The van der Waals surface area contributed by atoms with Crippen molar-refractivity contribution in [2.45, 2.75) is 6.42 Å². The number of carbonyl (C=O) groups is 3. The SMILES string of the molecule is O=C(O)c1ccnc(C2=CC(C(=O)O)(C(=O)O)CC(c3ccccn3)=N2)c1. The fourth-order valence-electron chi connectivity index (χ4n) is 2.65. The molecule has 0 unspecified atom stereocenters. The first-order valence-electron chi connectivity index (χ1n) is 7.72. The molecule has 2 aromatic heterocycles. The first-order chi connectivity index (χ1) is 12.8. The van der Waals surface area contributed by atoms with Crippen molar-refractivity contribution in [2.24, 2.45) is 10.4 Å². The Morgan fingerprint density at radius 1 is 0.926 bits per heavy atom. The van der Waals surface area contributed by atoms with Gasteiger partial charge in [0.25, 0.3) is 0 Å². The predicted molar refractivity (Wildman–Crippen MR) is 92.3 cm³/mol. The first-order valence-corrected chi connectivity index (χ1v) is 7.72. The first kappa shape index (κ1) is 17.9. The van der Waals surface area contributed by atoms with E-state index in [2.05, 4.69) is 15.0 Å². The highest BCUT2D eigenvalue weighted by Crippen LogP contribution is 2.36. The lowest BCUT2D eigenvalue weighted by atomic mass is 9.79. The van der Waals surface area contributed by atoms with Crippen molar-refractivity contribution in [1.29, 1.82) is 0 Å². The van der Waals surface area contributed by atoms with Crippen molar-refractivity contribution >= 4 is 29.3 Å². The van der Waals surface area contributed by atoms with Gasteiger partial charge in [-0.15, -0.1) is 0 Å². The second-order valence-corrected chi connectivity index (χ2v) is 5.80. The summed E-state index contributed by atoms with van der Waals surface area (Å²) >= 11 is 0. The number of pyridine rings is 2. The molecular weight excluding hydrogens is 354 g/mol. The zero-order valence-corrected chi connectivity index (χ0v) is 13.7. The van der Waals surface area contributed by atoms with Crippen LogP contribution in [0.3, 0.4) is 0 Å². The normalized spacial score (nSPS) is 15.4. The highest BCUT2D eigenvalue weighted by Gasteiger charge is 2.48. The van der Waals surface area contributed by atoms with E-state index in [-0.39, 0.29) is 22.7 Å². The van der Waals surface area contributed by atoms with Crippen LogP contribution in [0.25, 0.3) is 5.70 Å². The summed E-state index contributed by atoms with van der Waals surface area (Å²) < 4.78 is 0. The van der Waals surface area contributed by atoms with Gasteiger partial charge in [-0.1, -0.05) is 6.07 Å². The van der Waals surface area contributed by atoms with Crippen molar-refractivity contribution in [1.82, 2.24) is 9.97 Å². The molecule has 3 heterocycles. The third-order valence-electron chi connectivity index (χ3n) is 4.08. The van der Waals surface area contributed by atoms with Crippen molar-refractivity contribution < 1.29 is 29.7 Å². The minimum Gasteiger partial charge on any atom is -0.480 e. The quantitative estimate of drug-likeness (QED) is 0.674. The van der Waals surface area contributed by atoms with Crippen LogP contribution in [0.5, 0.6) is 0 Å². The molecule has 9 heteroatoms. The highest BCUT2D eigenvalue weighted by atomic mass is 16.4. The van der Waals surface area contributed by atoms with Gasteiger partial charge in [-0.3, -0.25) is 19.6 Å². The molecule has 2 aromatic rings. The van der Waals surface area contributed by atoms with E-state index in [0.717, 1.165) is 6.08 Å². The largest absolute Gasteiger partial charge is 0.480 e. The van der Waals surface area contributed by atoms with Gasteiger partial charge >= 0.3 is 17.9 Å². The van der Waals surface area contributed by atoms with E-state index >= 15 is 0 Å². The second-order valence-electron chi connectivity index (χ2n) is 5.80. The number of rotatable bonds is 5. The molecule has 3 rings (SSSR count). The number of hydrogen-bond acceptors (Lipinski definition) is 6. The van der Waals surface area contributed by atoms with E-state index in [0.29, 0.717) is 5.69 Å². The minimum atomic E-state index is -2.27. The Bertz CT molecular complexity index is 983. The Morgan fingerprint density at radius 3 is 2.22 bits per heavy atom. The van der Waals surface area contributed by atoms with Crippen LogP contribution >= 0.6 is 0 Å². The lowest BCUT2D eigenvalue weighted by molar-refractivity contribution is -0.160. The third-order valence-corrected chi connectivity index (χ3v) is 4.08. The summed E-state index contributed by atoms with van der Waals surface area (Å²) in [6.07, 6.45) is 3.28. The average molecular weight is 367 g/mol. The molecule has 0 amide bonds. The molecule has 9 nitrogen and oxygen atoms in total. The summed E-state index contributed by atoms with van der Waals surface area (Å²) in [7, 11) is 0. The Hall–Kier alpha value is -3.88. The third kappa shape index (κ3) is 3.30. The van der Waals surface area contributed by atoms with Gasteiger partial charge in [-0.25, -0.2) is 9.79 Å². The van der Waals surface area contributed by atoms with Crippen LogP contribution in [0.4, 0.5) is 0 Å². The summed E-state index contributed by atoms with van der Waals surface area (Å²) in [6.45, 7) is 0. The Kier molecular flexibility index (Phi) is 4.51. The van der Waals surface area contributed by atoms with Crippen molar-refractivity contribution in [3.63, 3.8) is 0 Å². The number of carboxylic acids is 3. The van der Waals surface area contributed by atoms with Crippen LogP contribution in [0.2, 0.25) is 0 Å². The van der Waals surface area contributed by atoms with E-state index in [1.54, 1.807) is 18.2 Å².